The Morgan fingerprint density at radius 2 is 2.00 bits per heavy atom. The van der Waals surface area contributed by atoms with Crippen LogP contribution in [0.2, 0.25) is 0 Å². The van der Waals surface area contributed by atoms with E-state index in [1.54, 1.807) is 12.4 Å². The van der Waals surface area contributed by atoms with Gasteiger partial charge in [0, 0.05) is 12.6 Å². The summed E-state index contributed by atoms with van der Waals surface area (Å²) in [5.74, 6) is 0. The molecule has 2 heterocycles. The van der Waals surface area contributed by atoms with Crippen molar-refractivity contribution in [2.75, 3.05) is 13.6 Å². The Bertz CT molecular complexity index is 234. The Hall–Kier alpha value is -0.900. The fourth-order valence-electron chi connectivity index (χ4n) is 1.74. The standard InChI is InChI=1S/C8H14N4/c1-7-5-8(6-11(7)2)12-9-3-4-10-12/h3-4,7-8H,5-6H2,1-2H3/t7-,8+/m1/s1. The van der Waals surface area contributed by atoms with Crippen LogP contribution in [0.5, 0.6) is 0 Å². The first-order chi connectivity index (χ1) is 5.77. The van der Waals surface area contributed by atoms with Crippen LogP contribution in [0, 0.1) is 0 Å². The lowest BCUT2D eigenvalue weighted by Gasteiger charge is -2.12. The topological polar surface area (TPSA) is 34.0 Å². The molecular formula is C8H14N4. The van der Waals surface area contributed by atoms with E-state index in [1.165, 1.54) is 0 Å². The second-order valence-corrected chi connectivity index (χ2v) is 3.53. The average Bonchev–Trinajstić information content (AvgIpc) is 2.61. The average molecular weight is 166 g/mol. The number of hydrogen-bond donors (Lipinski definition) is 0. The first-order valence-corrected chi connectivity index (χ1v) is 4.33. The zero-order valence-corrected chi connectivity index (χ0v) is 7.51. The SMILES string of the molecule is C[C@@H]1C[C@H](n2nccn2)CN1C. The lowest BCUT2D eigenvalue weighted by molar-refractivity contribution is 0.319. The fourth-order valence-corrected chi connectivity index (χ4v) is 1.74. The van der Waals surface area contributed by atoms with E-state index in [9.17, 15) is 0 Å². The summed E-state index contributed by atoms with van der Waals surface area (Å²) in [4.78, 5) is 4.16. The molecule has 0 N–H and O–H groups in total. The molecule has 1 fully saturated rings. The third-order valence-corrected chi connectivity index (χ3v) is 2.63. The van der Waals surface area contributed by atoms with Crippen LogP contribution >= 0.6 is 0 Å². The molecule has 12 heavy (non-hydrogen) atoms. The Balaban J connectivity index is 2.09. The summed E-state index contributed by atoms with van der Waals surface area (Å²) in [6, 6.07) is 1.13. The highest BCUT2D eigenvalue weighted by Gasteiger charge is 2.28. The lowest BCUT2D eigenvalue weighted by atomic mass is 10.2. The highest BCUT2D eigenvalue weighted by Crippen LogP contribution is 2.23. The molecule has 66 valence electrons. The molecule has 4 heteroatoms. The van der Waals surface area contributed by atoms with E-state index in [4.69, 9.17) is 0 Å². The normalized spacial score (nSPS) is 31.2. The van der Waals surface area contributed by atoms with Gasteiger partial charge >= 0.3 is 0 Å². The van der Waals surface area contributed by atoms with E-state index in [0.717, 1.165) is 13.0 Å². The van der Waals surface area contributed by atoms with Crippen LogP contribution in [0.1, 0.15) is 19.4 Å². The number of likely N-dealkylation sites (tertiary alicyclic amines) is 1. The van der Waals surface area contributed by atoms with E-state index >= 15 is 0 Å². The largest absolute Gasteiger partial charge is 0.301 e. The summed E-state index contributed by atoms with van der Waals surface area (Å²) in [5.41, 5.74) is 0. The van der Waals surface area contributed by atoms with Gasteiger partial charge in [0.2, 0.25) is 0 Å². The maximum Gasteiger partial charge on any atom is 0.0857 e. The predicted molar refractivity (Wildman–Crippen MR) is 45.8 cm³/mol. The van der Waals surface area contributed by atoms with Crippen LogP contribution in [0.3, 0.4) is 0 Å². The van der Waals surface area contributed by atoms with Gasteiger partial charge in [0.05, 0.1) is 18.4 Å². The van der Waals surface area contributed by atoms with Gasteiger partial charge in [-0.2, -0.15) is 15.0 Å². The minimum atomic E-state index is 0.472. The molecule has 1 aromatic rings. The third kappa shape index (κ3) is 1.22. The molecule has 0 radical (unpaired) electrons. The third-order valence-electron chi connectivity index (χ3n) is 2.63. The first kappa shape index (κ1) is 7.73. The zero-order valence-electron chi connectivity index (χ0n) is 7.51. The molecule has 2 rings (SSSR count). The monoisotopic (exact) mass is 166 g/mol. The molecule has 0 unspecified atom stereocenters. The van der Waals surface area contributed by atoms with Gasteiger partial charge in [-0.1, -0.05) is 0 Å². The van der Waals surface area contributed by atoms with Crippen LogP contribution in [0.15, 0.2) is 12.4 Å². The van der Waals surface area contributed by atoms with Crippen LogP contribution in [-0.2, 0) is 0 Å². The van der Waals surface area contributed by atoms with Crippen LogP contribution in [0.25, 0.3) is 0 Å². The number of nitrogens with zero attached hydrogens (tertiary/aromatic N) is 4. The van der Waals surface area contributed by atoms with E-state index < -0.39 is 0 Å². The molecule has 2 atom stereocenters. The number of hydrogen-bond acceptors (Lipinski definition) is 3. The Morgan fingerprint density at radius 1 is 1.33 bits per heavy atom. The lowest BCUT2D eigenvalue weighted by Crippen LogP contribution is -2.22. The maximum absolute atomic E-state index is 4.15. The van der Waals surface area contributed by atoms with Gasteiger partial charge in [-0.05, 0) is 20.4 Å². The Morgan fingerprint density at radius 3 is 2.50 bits per heavy atom. The smallest absolute Gasteiger partial charge is 0.0857 e. The molecule has 4 nitrogen and oxygen atoms in total. The molecule has 0 amide bonds. The molecule has 1 aromatic heterocycles. The summed E-state index contributed by atoms with van der Waals surface area (Å²) < 4.78 is 0. The van der Waals surface area contributed by atoms with Crippen molar-refractivity contribution in [2.24, 2.45) is 0 Å². The number of aromatic nitrogens is 3. The van der Waals surface area contributed by atoms with E-state index in [0.29, 0.717) is 12.1 Å². The molecule has 0 bridgehead atoms. The van der Waals surface area contributed by atoms with Crippen molar-refractivity contribution in [3.63, 3.8) is 0 Å². The number of likely N-dealkylation sites (N-methyl/N-ethyl adjacent to an activating group) is 1. The maximum atomic E-state index is 4.15. The molecule has 1 aliphatic rings. The van der Waals surface area contributed by atoms with Crippen molar-refractivity contribution in [3.8, 4) is 0 Å². The van der Waals surface area contributed by atoms with Crippen molar-refractivity contribution >= 4 is 0 Å². The van der Waals surface area contributed by atoms with Gasteiger partial charge in [0.1, 0.15) is 0 Å². The quantitative estimate of drug-likeness (QED) is 0.610. The van der Waals surface area contributed by atoms with Crippen LogP contribution in [0.4, 0.5) is 0 Å². The summed E-state index contributed by atoms with van der Waals surface area (Å²) >= 11 is 0. The minimum absolute atomic E-state index is 0.472. The van der Waals surface area contributed by atoms with Gasteiger partial charge in [-0.15, -0.1) is 0 Å². The van der Waals surface area contributed by atoms with Gasteiger partial charge < -0.3 is 4.90 Å². The summed E-state index contributed by atoms with van der Waals surface area (Å²) in [7, 11) is 2.15. The summed E-state index contributed by atoms with van der Waals surface area (Å²) in [6.07, 6.45) is 4.64. The van der Waals surface area contributed by atoms with E-state index in [-0.39, 0.29) is 0 Å². The van der Waals surface area contributed by atoms with Gasteiger partial charge in [0.25, 0.3) is 0 Å². The summed E-state index contributed by atoms with van der Waals surface area (Å²) in [5, 5.41) is 8.29. The zero-order chi connectivity index (χ0) is 8.55. The Kier molecular flexibility index (Phi) is 1.84. The molecule has 0 spiro atoms. The fraction of sp³-hybridized carbons (Fsp3) is 0.750. The predicted octanol–water partition coefficient (Wildman–Crippen LogP) is 0.543. The minimum Gasteiger partial charge on any atom is -0.301 e. The van der Waals surface area contributed by atoms with Crippen molar-refractivity contribution < 1.29 is 0 Å². The molecule has 1 aliphatic heterocycles. The van der Waals surface area contributed by atoms with Gasteiger partial charge in [-0.25, -0.2) is 0 Å². The molecule has 1 saturated heterocycles. The van der Waals surface area contributed by atoms with Crippen molar-refractivity contribution in [2.45, 2.75) is 25.4 Å². The van der Waals surface area contributed by atoms with E-state index in [1.807, 2.05) is 4.80 Å². The summed E-state index contributed by atoms with van der Waals surface area (Å²) in [6.45, 7) is 3.30. The number of rotatable bonds is 1. The Labute approximate surface area is 72.2 Å². The van der Waals surface area contributed by atoms with E-state index in [2.05, 4.69) is 29.1 Å². The molecule has 0 aliphatic carbocycles. The second-order valence-electron chi connectivity index (χ2n) is 3.53. The van der Waals surface area contributed by atoms with Crippen molar-refractivity contribution in [3.05, 3.63) is 12.4 Å². The van der Waals surface area contributed by atoms with Gasteiger partial charge in [0.15, 0.2) is 0 Å². The van der Waals surface area contributed by atoms with Crippen LogP contribution in [-0.4, -0.2) is 39.5 Å². The first-order valence-electron chi connectivity index (χ1n) is 4.33. The highest BCUT2D eigenvalue weighted by molar-refractivity contribution is 4.82. The highest BCUT2D eigenvalue weighted by atomic mass is 15.5. The molecule has 0 aromatic carbocycles. The van der Waals surface area contributed by atoms with Crippen LogP contribution < -0.4 is 0 Å². The van der Waals surface area contributed by atoms with Crippen molar-refractivity contribution in [1.29, 1.82) is 0 Å². The molecule has 0 saturated carbocycles. The van der Waals surface area contributed by atoms with Crippen molar-refractivity contribution in [1.82, 2.24) is 19.9 Å². The molecular weight excluding hydrogens is 152 g/mol. The second kappa shape index (κ2) is 2.86. The van der Waals surface area contributed by atoms with Gasteiger partial charge in [-0.3, -0.25) is 0 Å².